The number of rotatable bonds is 2. The first-order valence-electron chi connectivity index (χ1n) is 4.95. The molecule has 0 amide bonds. The van der Waals surface area contributed by atoms with E-state index >= 15 is 0 Å². The van der Waals surface area contributed by atoms with Crippen LogP contribution in [0.2, 0.25) is 0 Å². The zero-order valence-corrected chi connectivity index (χ0v) is 8.43. The fraction of sp³-hybridized carbons (Fsp3) is 1.00. The predicted octanol–water partition coefficient (Wildman–Crippen LogP) is 1.54. The molecule has 1 fully saturated rings. The molecular formula is C10H21NO. The van der Waals surface area contributed by atoms with Gasteiger partial charge in [-0.1, -0.05) is 0 Å². The maximum absolute atomic E-state index is 9.73. The molecular weight excluding hydrogens is 150 g/mol. The Morgan fingerprint density at radius 3 is 2.33 bits per heavy atom. The predicted molar refractivity (Wildman–Crippen MR) is 51.1 cm³/mol. The molecule has 1 unspecified atom stereocenters. The van der Waals surface area contributed by atoms with Gasteiger partial charge >= 0.3 is 0 Å². The molecule has 2 nitrogen and oxygen atoms in total. The molecule has 72 valence electrons. The summed E-state index contributed by atoms with van der Waals surface area (Å²) >= 11 is 0. The second kappa shape index (κ2) is 3.75. The molecule has 0 bridgehead atoms. The molecule has 1 atom stereocenters. The van der Waals surface area contributed by atoms with Crippen LogP contribution in [0.3, 0.4) is 0 Å². The van der Waals surface area contributed by atoms with Crippen molar-refractivity contribution in [1.82, 2.24) is 5.32 Å². The van der Waals surface area contributed by atoms with Crippen molar-refractivity contribution in [3.05, 3.63) is 0 Å². The minimum Gasteiger partial charge on any atom is -0.390 e. The average molecular weight is 171 g/mol. The van der Waals surface area contributed by atoms with E-state index in [0.717, 1.165) is 31.6 Å². The molecule has 1 aliphatic rings. The van der Waals surface area contributed by atoms with Gasteiger partial charge in [0.15, 0.2) is 0 Å². The first-order valence-corrected chi connectivity index (χ1v) is 4.95. The van der Waals surface area contributed by atoms with Gasteiger partial charge in [0.1, 0.15) is 0 Å². The Kier molecular flexibility index (Phi) is 3.13. The van der Waals surface area contributed by atoms with Crippen molar-refractivity contribution in [3.8, 4) is 0 Å². The van der Waals surface area contributed by atoms with E-state index in [9.17, 15) is 5.11 Å². The highest BCUT2D eigenvalue weighted by Gasteiger charge is 2.30. The van der Waals surface area contributed by atoms with Crippen LogP contribution in [0.5, 0.6) is 0 Å². The Balaban J connectivity index is 2.36. The number of hydrogen-bond acceptors (Lipinski definition) is 2. The van der Waals surface area contributed by atoms with Gasteiger partial charge in [0.25, 0.3) is 0 Å². The van der Waals surface area contributed by atoms with Gasteiger partial charge in [0, 0.05) is 6.04 Å². The summed E-state index contributed by atoms with van der Waals surface area (Å²) in [6.45, 7) is 4.18. The van der Waals surface area contributed by atoms with E-state index in [1.807, 2.05) is 14.0 Å². The highest BCUT2D eigenvalue weighted by molar-refractivity contribution is 4.84. The third kappa shape index (κ3) is 2.46. The van der Waals surface area contributed by atoms with Gasteiger partial charge in [-0.3, -0.25) is 0 Å². The van der Waals surface area contributed by atoms with E-state index in [1.165, 1.54) is 0 Å². The van der Waals surface area contributed by atoms with Crippen molar-refractivity contribution in [3.63, 3.8) is 0 Å². The standard InChI is InChI=1S/C10H21NO/c1-8(11-3)9-4-6-10(2,12)7-5-9/h8-9,11-12H,4-7H2,1-3H3. The molecule has 2 heteroatoms. The first-order chi connectivity index (χ1) is 5.55. The molecule has 0 spiro atoms. The Bertz CT molecular complexity index is 135. The maximum Gasteiger partial charge on any atom is 0.0620 e. The van der Waals surface area contributed by atoms with Gasteiger partial charge in [-0.2, -0.15) is 0 Å². The summed E-state index contributed by atoms with van der Waals surface area (Å²) < 4.78 is 0. The van der Waals surface area contributed by atoms with Gasteiger partial charge in [-0.15, -0.1) is 0 Å². The summed E-state index contributed by atoms with van der Waals surface area (Å²) in [6, 6.07) is 0.598. The minimum absolute atomic E-state index is 0.385. The van der Waals surface area contributed by atoms with Crippen molar-refractivity contribution < 1.29 is 5.11 Å². The zero-order chi connectivity index (χ0) is 9.19. The highest BCUT2D eigenvalue weighted by atomic mass is 16.3. The lowest BCUT2D eigenvalue weighted by Crippen LogP contribution is -2.38. The van der Waals surface area contributed by atoms with Crippen molar-refractivity contribution in [2.75, 3.05) is 7.05 Å². The SMILES string of the molecule is CNC(C)C1CCC(C)(O)CC1. The average Bonchev–Trinajstić information content (AvgIpc) is 2.03. The second-order valence-corrected chi connectivity index (χ2v) is 4.41. The van der Waals surface area contributed by atoms with Gasteiger partial charge in [0.2, 0.25) is 0 Å². The number of aliphatic hydroxyl groups is 1. The quantitative estimate of drug-likeness (QED) is 0.660. The zero-order valence-electron chi connectivity index (χ0n) is 8.43. The topological polar surface area (TPSA) is 32.3 Å². The molecule has 0 aromatic rings. The van der Waals surface area contributed by atoms with E-state index in [4.69, 9.17) is 0 Å². The summed E-state index contributed by atoms with van der Waals surface area (Å²) in [5, 5.41) is 13.0. The van der Waals surface area contributed by atoms with Crippen LogP contribution in [0, 0.1) is 5.92 Å². The normalized spacial score (nSPS) is 39.5. The third-order valence-electron chi connectivity index (χ3n) is 3.27. The number of nitrogens with one attached hydrogen (secondary N) is 1. The Morgan fingerprint density at radius 2 is 1.92 bits per heavy atom. The Labute approximate surface area is 75.4 Å². The fourth-order valence-corrected chi connectivity index (χ4v) is 2.00. The van der Waals surface area contributed by atoms with Gasteiger partial charge in [0.05, 0.1) is 5.60 Å². The lowest BCUT2D eigenvalue weighted by atomic mass is 9.77. The highest BCUT2D eigenvalue weighted by Crippen LogP contribution is 2.33. The summed E-state index contributed by atoms with van der Waals surface area (Å²) in [4.78, 5) is 0. The first kappa shape index (κ1) is 10.0. The van der Waals surface area contributed by atoms with Crippen LogP contribution in [0.25, 0.3) is 0 Å². The number of hydrogen-bond donors (Lipinski definition) is 2. The molecule has 2 N–H and O–H groups in total. The van der Waals surface area contributed by atoms with Gasteiger partial charge < -0.3 is 10.4 Å². The van der Waals surface area contributed by atoms with Crippen molar-refractivity contribution >= 4 is 0 Å². The molecule has 1 aliphatic carbocycles. The van der Waals surface area contributed by atoms with Crippen LogP contribution < -0.4 is 5.32 Å². The molecule has 0 aromatic carbocycles. The fourth-order valence-electron chi connectivity index (χ4n) is 2.00. The summed E-state index contributed by atoms with van der Waals surface area (Å²) in [5.74, 6) is 0.759. The largest absolute Gasteiger partial charge is 0.390 e. The van der Waals surface area contributed by atoms with Crippen LogP contribution >= 0.6 is 0 Å². The minimum atomic E-state index is -0.385. The van der Waals surface area contributed by atoms with E-state index in [-0.39, 0.29) is 5.60 Å². The summed E-state index contributed by atoms with van der Waals surface area (Å²) in [6.07, 6.45) is 4.25. The van der Waals surface area contributed by atoms with E-state index < -0.39 is 0 Å². The van der Waals surface area contributed by atoms with E-state index in [2.05, 4.69) is 12.2 Å². The van der Waals surface area contributed by atoms with Crippen LogP contribution in [0.15, 0.2) is 0 Å². The van der Waals surface area contributed by atoms with Gasteiger partial charge in [-0.25, -0.2) is 0 Å². The second-order valence-electron chi connectivity index (χ2n) is 4.41. The lowest BCUT2D eigenvalue weighted by molar-refractivity contribution is 0.00397. The molecule has 0 aliphatic heterocycles. The molecule has 1 rings (SSSR count). The Morgan fingerprint density at radius 1 is 1.42 bits per heavy atom. The van der Waals surface area contributed by atoms with Gasteiger partial charge in [-0.05, 0) is 52.5 Å². The molecule has 1 saturated carbocycles. The molecule has 0 aromatic heterocycles. The molecule has 0 heterocycles. The summed E-state index contributed by atoms with van der Waals surface area (Å²) in [5.41, 5.74) is -0.385. The Hall–Kier alpha value is -0.0800. The maximum atomic E-state index is 9.73. The molecule has 0 saturated heterocycles. The monoisotopic (exact) mass is 171 g/mol. The third-order valence-corrected chi connectivity index (χ3v) is 3.27. The van der Waals surface area contributed by atoms with E-state index in [1.54, 1.807) is 0 Å². The van der Waals surface area contributed by atoms with Crippen LogP contribution in [-0.4, -0.2) is 23.8 Å². The van der Waals surface area contributed by atoms with Crippen LogP contribution in [-0.2, 0) is 0 Å². The van der Waals surface area contributed by atoms with Crippen molar-refractivity contribution in [1.29, 1.82) is 0 Å². The summed E-state index contributed by atoms with van der Waals surface area (Å²) in [7, 11) is 2.01. The lowest BCUT2D eigenvalue weighted by Gasteiger charge is -2.35. The van der Waals surface area contributed by atoms with Crippen LogP contribution in [0.4, 0.5) is 0 Å². The smallest absolute Gasteiger partial charge is 0.0620 e. The molecule has 12 heavy (non-hydrogen) atoms. The van der Waals surface area contributed by atoms with Crippen LogP contribution in [0.1, 0.15) is 39.5 Å². The van der Waals surface area contributed by atoms with Crippen molar-refractivity contribution in [2.24, 2.45) is 5.92 Å². The molecule has 0 radical (unpaired) electrons. The van der Waals surface area contributed by atoms with Crippen molar-refractivity contribution in [2.45, 2.75) is 51.2 Å². The van der Waals surface area contributed by atoms with E-state index in [0.29, 0.717) is 6.04 Å².